The Hall–Kier alpha value is -5.78. The molecule has 0 saturated carbocycles. The summed E-state index contributed by atoms with van der Waals surface area (Å²) in [5, 5.41) is 1.45. The number of anilines is 9. The summed E-state index contributed by atoms with van der Waals surface area (Å²) in [7, 11) is -1.79. The first-order valence-corrected chi connectivity index (χ1v) is 22.6. The van der Waals surface area contributed by atoms with Crippen molar-refractivity contribution in [3.05, 3.63) is 174 Å². The number of aryl methyl sites for hydroxylation is 4. The zero-order valence-corrected chi connectivity index (χ0v) is 33.4. The molecule has 0 radical (unpaired) electrons. The fourth-order valence-electron chi connectivity index (χ4n) is 8.34. The van der Waals surface area contributed by atoms with Crippen molar-refractivity contribution in [2.45, 2.75) is 47.3 Å². The highest BCUT2D eigenvalue weighted by molar-refractivity contribution is 7.00. The average Bonchev–Trinajstić information content (AvgIpc) is 3.16. The molecule has 0 amide bonds. The molecule has 7 aromatic rings. The van der Waals surface area contributed by atoms with Crippen molar-refractivity contribution in [2.75, 3.05) is 14.7 Å². The quantitative estimate of drug-likeness (QED) is 0.159. The molecule has 0 spiro atoms. The number of para-hydroxylation sites is 1. The van der Waals surface area contributed by atoms with E-state index in [1.807, 2.05) is 0 Å². The van der Waals surface area contributed by atoms with E-state index in [2.05, 4.69) is 214 Å². The zero-order valence-electron chi connectivity index (χ0n) is 32.4. The molecule has 0 bridgehead atoms. The van der Waals surface area contributed by atoms with Gasteiger partial charge in [0.2, 0.25) is 0 Å². The van der Waals surface area contributed by atoms with Crippen molar-refractivity contribution in [1.29, 1.82) is 0 Å². The molecule has 2 heterocycles. The first-order chi connectivity index (χ1) is 26.0. The lowest BCUT2D eigenvalue weighted by Crippen LogP contribution is -2.62. The molecule has 7 aromatic carbocycles. The van der Waals surface area contributed by atoms with Gasteiger partial charge in [-0.3, -0.25) is 0 Å². The van der Waals surface area contributed by atoms with E-state index in [4.69, 9.17) is 0 Å². The van der Waals surface area contributed by atoms with Crippen LogP contribution in [0.2, 0.25) is 19.6 Å². The van der Waals surface area contributed by atoms with Crippen LogP contribution >= 0.6 is 0 Å². The molecule has 0 saturated heterocycles. The maximum Gasteiger partial charge on any atom is 0.252 e. The molecule has 264 valence electrons. The highest BCUT2D eigenvalue weighted by Crippen LogP contribution is 2.46. The van der Waals surface area contributed by atoms with Crippen molar-refractivity contribution in [3.63, 3.8) is 0 Å². The number of benzene rings is 7. The van der Waals surface area contributed by atoms with Crippen molar-refractivity contribution in [3.8, 4) is 0 Å². The molecular formula is C49H46BN3Si. The molecule has 0 aliphatic carbocycles. The van der Waals surface area contributed by atoms with E-state index in [-0.39, 0.29) is 6.71 Å². The number of hydrogen-bond donors (Lipinski definition) is 0. The monoisotopic (exact) mass is 715 g/mol. The molecule has 0 fully saturated rings. The lowest BCUT2D eigenvalue weighted by atomic mass is 9.33. The van der Waals surface area contributed by atoms with Crippen LogP contribution in [0.15, 0.2) is 152 Å². The lowest BCUT2D eigenvalue weighted by Gasteiger charge is -2.45. The van der Waals surface area contributed by atoms with Gasteiger partial charge in [0, 0.05) is 51.2 Å². The Bertz CT molecular complexity index is 2480. The Morgan fingerprint density at radius 1 is 0.426 bits per heavy atom. The van der Waals surface area contributed by atoms with E-state index in [0.29, 0.717) is 0 Å². The van der Waals surface area contributed by atoms with Crippen molar-refractivity contribution < 1.29 is 0 Å². The van der Waals surface area contributed by atoms with Crippen LogP contribution in [0.25, 0.3) is 0 Å². The number of rotatable bonds is 6. The van der Waals surface area contributed by atoms with Gasteiger partial charge in [-0.15, -0.1) is 0 Å². The first kappa shape index (κ1) is 34.0. The Morgan fingerprint density at radius 3 is 1.50 bits per heavy atom. The molecular weight excluding hydrogens is 669 g/mol. The van der Waals surface area contributed by atoms with Crippen LogP contribution in [-0.2, 0) is 0 Å². The van der Waals surface area contributed by atoms with Crippen LogP contribution in [0.1, 0.15) is 22.3 Å². The summed E-state index contributed by atoms with van der Waals surface area (Å²) in [5.41, 5.74) is 19.9. The van der Waals surface area contributed by atoms with Crippen LogP contribution < -0.4 is 36.3 Å². The van der Waals surface area contributed by atoms with Gasteiger partial charge in [0.1, 0.15) is 0 Å². The number of fused-ring (bicyclic) bond motifs is 4. The van der Waals surface area contributed by atoms with Gasteiger partial charge in [0.05, 0.1) is 8.07 Å². The van der Waals surface area contributed by atoms with E-state index in [1.54, 1.807) is 0 Å². The van der Waals surface area contributed by atoms with Crippen LogP contribution in [-0.4, -0.2) is 14.8 Å². The van der Waals surface area contributed by atoms with E-state index in [0.717, 1.165) is 17.1 Å². The fraction of sp³-hybridized carbons (Fsp3) is 0.143. The Labute approximate surface area is 322 Å². The zero-order chi connectivity index (χ0) is 37.3. The summed E-state index contributed by atoms with van der Waals surface area (Å²) in [6.07, 6.45) is 0. The molecule has 2 aliphatic heterocycles. The third kappa shape index (κ3) is 5.75. The van der Waals surface area contributed by atoms with E-state index in [9.17, 15) is 0 Å². The summed E-state index contributed by atoms with van der Waals surface area (Å²) in [4.78, 5) is 7.49. The molecule has 3 nitrogen and oxygen atoms in total. The number of nitrogens with zero attached hydrogens (tertiary/aromatic N) is 3. The Balaban J connectivity index is 1.36. The maximum atomic E-state index is 2.55. The standard InChI is InChI=1S/C49H46BN3Si/c1-33-13-20-38(21-14-33)51(39-22-15-34(2)16-23-39)41-26-27-43-46(30-41)53(37-11-9-8-10-12-37)48-32-42(54(5,6)7)31-47-49(48)50(43)44-29-36(4)19-28-45(44)52(47)40-24-17-35(3)18-25-40/h8-32H,1-7H3. The topological polar surface area (TPSA) is 9.72 Å². The highest BCUT2D eigenvalue weighted by Gasteiger charge is 2.44. The third-order valence-corrected chi connectivity index (χ3v) is 13.2. The molecule has 9 rings (SSSR count). The first-order valence-electron chi connectivity index (χ1n) is 19.1. The second-order valence-corrected chi connectivity index (χ2v) is 21.3. The van der Waals surface area contributed by atoms with Crippen LogP contribution in [0.3, 0.4) is 0 Å². The molecule has 0 atom stereocenters. The van der Waals surface area contributed by atoms with Gasteiger partial charge in [-0.25, -0.2) is 0 Å². The van der Waals surface area contributed by atoms with E-state index < -0.39 is 8.07 Å². The summed E-state index contributed by atoms with van der Waals surface area (Å²) in [6, 6.07) is 57.2. The predicted octanol–water partition coefficient (Wildman–Crippen LogP) is 11.0. The minimum Gasteiger partial charge on any atom is -0.311 e. The lowest BCUT2D eigenvalue weighted by molar-refractivity contribution is 1.23. The van der Waals surface area contributed by atoms with Gasteiger partial charge in [0.25, 0.3) is 6.71 Å². The highest BCUT2D eigenvalue weighted by atomic mass is 28.3. The van der Waals surface area contributed by atoms with Crippen LogP contribution in [0.5, 0.6) is 0 Å². The second-order valence-electron chi connectivity index (χ2n) is 16.3. The predicted molar refractivity (Wildman–Crippen MR) is 237 cm³/mol. The van der Waals surface area contributed by atoms with Gasteiger partial charge in [-0.2, -0.15) is 0 Å². The van der Waals surface area contributed by atoms with Gasteiger partial charge in [-0.05, 0) is 123 Å². The molecule has 0 N–H and O–H groups in total. The third-order valence-electron chi connectivity index (χ3n) is 11.2. The van der Waals surface area contributed by atoms with Gasteiger partial charge < -0.3 is 14.7 Å². The van der Waals surface area contributed by atoms with Crippen LogP contribution in [0.4, 0.5) is 51.2 Å². The maximum absolute atomic E-state index is 2.55. The minimum absolute atomic E-state index is 0.0681. The molecule has 0 aromatic heterocycles. The van der Waals surface area contributed by atoms with Crippen molar-refractivity contribution in [1.82, 2.24) is 0 Å². The van der Waals surface area contributed by atoms with Gasteiger partial charge in [0.15, 0.2) is 0 Å². The summed E-state index contributed by atoms with van der Waals surface area (Å²) >= 11 is 0. The summed E-state index contributed by atoms with van der Waals surface area (Å²) in [5.74, 6) is 0. The average molecular weight is 716 g/mol. The molecule has 5 heteroatoms. The second kappa shape index (κ2) is 13.0. The Kier molecular flexibility index (Phi) is 8.17. The largest absolute Gasteiger partial charge is 0.311 e. The fourth-order valence-corrected chi connectivity index (χ4v) is 9.48. The molecule has 2 aliphatic rings. The summed E-state index contributed by atoms with van der Waals surface area (Å²) < 4.78 is 0. The summed E-state index contributed by atoms with van der Waals surface area (Å²) in [6.45, 7) is 16.2. The number of hydrogen-bond acceptors (Lipinski definition) is 3. The van der Waals surface area contributed by atoms with E-state index >= 15 is 0 Å². The minimum atomic E-state index is -1.79. The van der Waals surface area contributed by atoms with Crippen molar-refractivity contribution >= 4 is 87.5 Å². The van der Waals surface area contributed by atoms with Crippen molar-refractivity contribution in [2.24, 2.45) is 0 Å². The van der Waals surface area contributed by atoms with E-state index in [1.165, 1.54) is 78.0 Å². The Morgan fingerprint density at radius 2 is 0.926 bits per heavy atom. The SMILES string of the molecule is Cc1ccc(N(c2ccc(C)cc2)c2ccc3c(c2)N(c2ccccc2)c2cc([Si](C)(C)C)cc4c2B3c2cc(C)ccc2N4c2ccc(C)cc2)cc1. The molecule has 54 heavy (non-hydrogen) atoms. The normalized spacial score (nSPS) is 13.0. The van der Waals surface area contributed by atoms with Gasteiger partial charge >= 0.3 is 0 Å². The smallest absolute Gasteiger partial charge is 0.252 e. The van der Waals surface area contributed by atoms with Gasteiger partial charge in [-0.1, -0.05) is 120 Å². The molecule has 0 unspecified atom stereocenters. The van der Waals surface area contributed by atoms with Crippen LogP contribution in [0, 0.1) is 27.7 Å².